The summed E-state index contributed by atoms with van der Waals surface area (Å²) in [5.41, 5.74) is 5.64. The number of carbonyl (C=O) groups is 1. The largest absolute Gasteiger partial charge is 0.423 e. The Kier molecular flexibility index (Phi) is 5.67. The molecule has 3 nitrogen and oxygen atoms in total. The number of carbonyl (C=O) groups excluding carboxylic acids is 1. The normalized spacial score (nSPS) is 11.6. The SMILES string of the molecule is CCC(C)(C)c1ccc(OC(=O)c2cc(-c3cccs3)nc3c(C)cc(C)cc23)cc1. The number of nitrogens with zero attached hydrogens (tertiary/aromatic N) is 1. The van der Waals surface area contributed by atoms with Crippen LogP contribution in [-0.2, 0) is 5.41 Å². The van der Waals surface area contributed by atoms with E-state index in [9.17, 15) is 4.79 Å². The first kappa shape index (κ1) is 21.3. The summed E-state index contributed by atoms with van der Waals surface area (Å²) in [7, 11) is 0. The van der Waals surface area contributed by atoms with Gasteiger partial charge in [0.1, 0.15) is 5.75 Å². The standard InChI is InChI=1S/C27H27NO2S/c1-6-27(4,5)19-9-11-20(12-10-19)30-26(29)22-16-23(24-8-7-13-31-24)28-25-18(3)14-17(2)15-21(22)25/h7-16H,6H2,1-5H3. The highest BCUT2D eigenvalue weighted by Crippen LogP contribution is 2.32. The van der Waals surface area contributed by atoms with Gasteiger partial charge in [0.25, 0.3) is 0 Å². The third kappa shape index (κ3) is 4.26. The van der Waals surface area contributed by atoms with E-state index in [1.165, 1.54) is 5.56 Å². The van der Waals surface area contributed by atoms with E-state index in [0.717, 1.165) is 39.0 Å². The number of esters is 1. The molecule has 2 aromatic heterocycles. The highest BCUT2D eigenvalue weighted by Gasteiger charge is 2.20. The molecule has 0 saturated heterocycles. The Bertz CT molecular complexity index is 1240. The average molecular weight is 430 g/mol. The van der Waals surface area contributed by atoms with E-state index in [4.69, 9.17) is 9.72 Å². The van der Waals surface area contributed by atoms with E-state index in [0.29, 0.717) is 11.3 Å². The van der Waals surface area contributed by atoms with Crippen molar-refractivity contribution in [2.75, 3.05) is 0 Å². The molecule has 0 saturated carbocycles. The van der Waals surface area contributed by atoms with Gasteiger partial charge in [-0.05, 0) is 72.5 Å². The molecule has 4 aromatic rings. The third-order valence-electron chi connectivity index (χ3n) is 5.97. The second-order valence-corrected chi connectivity index (χ2v) is 9.61. The second-order valence-electron chi connectivity index (χ2n) is 8.66. The lowest BCUT2D eigenvalue weighted by atomic mass is 9.82. The van der Waals surface area contributed by atoms with Gasteiger partial charge in [0.2, 0.25) is 0 Å². The quantitative estimate of drug-likeness (QED) is 0.244. The fourth-order valence-electron chi connectivity index (χ4n) is 3.74. The minimum atomic E-state index is -0.363. The molecule has 0 spiro atoms. The van der Waals surface area contributed by atoms with Gasteiger partial charge in [0, 0.05) is 5.39 Å². The second kappa shape index (κ2) is 8.27. The summed E-state index contributed by atoms with van der Waals surface area (Å²) >= 11 is 1.61. The minimum absolute atomic E-state index is 0.0918. The van der Waals surface area contributed by atoms with E-state index in [1.807, 2.05) is 67.8 Å². The van der Waals surface area contributed by atoms with E-state index in [1.54, 1.807) is 11.3 Å². The third-order valence-corrected chi connectivity index (χ3v) is 6.86. The number of rotatable bonds is 5. The van der Waals surface area contributed by atoms with Gasteiger partial charge in [-0.15, -0.1) is 11.3 Å². The topological polar surface area (TPSA) is 39.2 Å². The Morgan fingerprint density at radius 1 is 1.06 bits per heavy atom. The fourth-order valence-corrected chi connectivity index (χ4v) is 4.43. The van der Waals surface area contributed by atoms with Gasteiger partial charge in [0.15, 0.2) is 0 Å². The summed E-state index contributed by atoms with van der Waals surface area (Å²) in [4.78, 5) is 19.2. The summed E-state index contributed by atoms with van der Waals surface area (Å²) in [6.07, 6.45) is 1.04. The number of fused-ring (bicyclic) bond motifs is 1. The Hall–Kier alpha value is -2.98. The molecule has 31 heavy (non-hydrogen) atoms. The Balaban J connectivity index is 1.75. The lowest BCUT2D eigenvalue weighted by Gasteiger charge is -2.23. The van der Waals surface area contributed by atoms with Crippen molar-refractivity contribution in [3.05, 3.63) is 82.2 Å². The molecule has 0 unspecified atom stereocenters. The molecule has 0 amide bonds. The lowest BCUT2D eigenvalue weighted by Crippen LogP contribution is -2.15. The summed E-state index contributed by atoms with van der Waals surface area (Å²) in [5.74, 6) is 0.186. The maximum absolute atomic E-state index is 13.3. The van der Waals surface area contributed by atoms with Crippen LogP contribution in [0.4, 0.5) is 0 Å². The molecule has 0 N–H and O–H groups in total. The molecule has 158 valence electrons. The van der Waals surface area contributed by atoms with Crippen LogP contribution in [0.5, 0.6) is 5.75 Å². The molecule has 0 aliphatic heterocycles. The summed E-state index contributed by atoms with van der Waals surface area (Å²) in [6.45, 7) is 10.7. The van der Waals surface area contributed by atoms with Crippen LogP contribution in [-0.4, -0.2) is 11.0 Å². The van der Waals surface area contributed by atoms with Gasteiger partial charge in [0.05, 0.1) is 21.7 Å². The zero-order valence-corrected chi connectivity index (χ0v) is 19.5. The monoisotopic (exact) mass is 429 g/mol. The molecule has 0 radical (unpaired) electrons. The van der Waals surface area contributed by atoms with E-state index < -0.39 is 0 Å². The predicted octanol–water partition coefficient (Wildman–Crippen LogP) is 7.49. The predicted molar refractivity (Wildman–Crippen MR) is 129 cm³/mol. The van der Waals surface area contributed by atoms with Crippen LogP contribution in [0.3, 0.4) is 0 Å². The first-order valence-corrected chi connectivity index (χ1v) is 11.4. The molecule has 0 bridgehead atoms. The van der Waals surface area contributed by atoms with Crippen molar-refractivity contribution in [2.24, 2.45) is 0 Å². The summed E-state index contributed by atoms with van der Waals surface area (Å²) in [6, 6.07) is 17.8. The van der Waals surface area contributed by atoms with Gasteiger partial charge in [-0.3, -0.25) is 0 Å². The van der Waals surface area contributed by atoms with Gasteiger partial charge >= 0.3 is 5.97 Å². The molecule has 0 aliphatic carbocycles. The van der Waals surface area contributed by atoms with Crippen molar-refractivity contribution in [2.45, 2.75) is 46.5 Å². The van der Waals surface area contributed by atoms with Gasteiger partial charge in [-0.1, -0.05) is 50.6 Å². The van der Waals surface area contributed by atoms with Crippen molar-refractivity contribution in [1.82, 2.24) is 4.98 Å². The number of ether oxygens (including phenoxy) is 1. The van der Waals surface area contributed by atoms with Crippen LogP contribution in [0.15, 0.2) is 60.0 Å². The number of aromatic nitrogens is 1. The van der Waals surface area contributed by atoms with Crippen molar-refractivity contribution >= 4 is 28.2 Å². The number of aryl methyl sites for hydroxylation is 2. The average Bonchev–Trinajstić information content (AvgIpc) is 3.28. The highest BCUT2D eigenvalue weighted by atomic mass is 32.1. The number of benzene rings is 2. The fraction of sp³-hybridized carbons (Fsp3) is 0.259. The van der Waals surface area contributed by atoms with Crippen LogP contribution in [0.25, 0.3) is 21.5 Å². The first-order valence-electron chi connectivity index (χ1n) is 10.6. The van der Waals surface area contributed by atoms with Crippen molar-refractivity contribution in [3.8, 4) is 16.3 Å². The molecule has 4 rings (SSSR count). The lowest BCUT2D eigenvalue weighted by molar-refractivity contribution is 0.0737. The minimum Gasteiger partial charge on any atom is -0.423 e. The van der Waals surface area contributed by atoms with E-state index >= 15 is 0 Å². The van der Waals surface area contributed by atoms with Crippen molar-refractivity contribution in [1.29, 1.82) is 0 Å². The maximum Gasteiger partial charge on any atom is 0.344 e. The Morgan fingerprint density at radius 3 is 2.45 bits per heavy atom. The van der Waals surface area contributed by atoms with E-state index in [-0.39, 0.29) is 11.4 Å². The molecule has 2 heterocycles. The first-order chi connectivity index (χ1) is 14.8. The van der Waals surface area contributed by atoms with Crippen LogP contribution in [0, 0.1) is 13.8 Å². The van der Waals surface area contributed by atoms with Crippen LogP contribution < -0.4 is 4.74 Å². The zero-order valence-electron chi connectivity index (χ0n) is 18.7. The zero-order chi connectivity index (χ0) is 22.2. The molecular weight excluding hydrogens is 402 g/mol. The number of pyridine rings is 1. The number of hydrogen-bond donors (Lipinski definition) is 0. The Morgan fingerprint density at radius 2 is 1.81 bits per heavy atom. The Labute approximate surface area is 187 Å². The molecule has 2 aromatic carbocycles. The molecule has 0 atom stereocenters. The number of thiophene rings is 1. The molecule has 0 fully saturated rings. The summed E-state index contributed by atoms with van der Waals surface area (Å²) in [5, 5.41) is 2.84. The summed E-state index contributed by atoms with van der Waals surface area (Å²) < 4.78 is 5.80. The van der Waals surface area contributed by atoms with Crippen molar-refractivity contribution in [3.63, 3.8) is 0 Å². The van der Waals surface area contributed by atoms with Crippen LogP contribution in [0.1, 0.15) is 54.2 Å². The van der Waals surface area contributed by atoms with Gasteiger partial charge in [-0.2, -0.15) is 0 Å². The van der Waals surface area contributed by atoms with Gasteiger partial charge in [-0.25, -0.2) is 9.78 Å². The number of hydrogen-bond acceptors (Lipinski definition) is 4. The van der Waals surface area contributed by atoms with E-state index in [2.05, 4.69) is 26.8 Å². The smallest absolute Gasteiger partial charge is 0.344 e. The van der Waals surface area contributed by atoms with Crippen molar-refractivity contribution < 1.29 is 9.53 Å². The highest BCUT2D eigenvalue weighted by molar-refractivity contribution is 7.13. The van der Waals surface area contributed by atoms with Crippen LogP contribution >= 0.6 is 11.3 Å². The maximum atomic E-state index is 13.3. The molecular formula is C27H27NO2S. The molecule has 0 aliphatic rings. The van der Waals surface area contributed by atoms with Gasteiger partial charge < -0.3 is 4.74 Å². The molecule has 4 heteroatoms. The van der Waals surface area contributed by atoms with Crippen LogP contribution in [0.2, 0.25) is 0 Å².